The third kappa shape index (κ3) is 3.01. The Balaban J connectivity index is 2.36. The molecule has 1 N–H and O–H groups in total. The van der Waals surface area contributed by atoms with Crippen molar-refractivity contribution in [3.05, 3.63) is 28.5 Å². The number of nitrogens with zero attached hydrogens (tertiary/aromatic N) is 4. The van der Waals surface area contributed by atoms with Gasteiger partial charge >= 0.3 is 0 Å². The Labute approximate surface area is 118 Å². The molecule has 0 aliphatic rings. The van der Waals surface area contributed by atoms with E-state index in [4.69, 9.17) is 0 Å². The molecule has 2 aromatic rings. The molecule has 0 aromatic carbocycles. The van der Waals surface area contributed by atoms with Gasteiger partial charge in [-0.2, -0.15) is 5.10 Å². The van der Waals surface area contributed by atoms with Gasteiger partial charge in [0.1, 0.15) is 0 Å². The molecule has 1 unspecified atom stereocenters. The van der Waals surface area contributed by atoms with Crippen LogP contribution in [0.4, 0.5) is 0 Å². The van der Waals surface area contributed by atoms with Crippen molar-refractivity contribution in [1.29, 1.82) is 0 Å². The van der Waals surface area contributed by atoms with Gasteiger partial charge in [0.2, 0.25) is 0 Å². The number of hydrogen-bond acceptors (Lipinski definition) is 5. The molecule has 0 saturated heterocycles. The first-order valence-electron chi connectivity index (χ1n) is 6.87. The first-order chi connectivity index (χ1) is 9.31. The normalized spacial score (nSPS) is 12.8. The van der Waals surface area contributed by atoms with Crippen LogP contribution in [-0.2, 0) is 13.0 Å². The van der Waals surface area contributed by atoms with Crippen LogP contribution in [0.5, 0.6) is 0 Å². The number of rotatable bonds is 7. The maximum atomic E-state index is 4.41. The highest BCUT2D eigenvalue weighted by molar-refractivity contribution is 7.05. The van der Waals surface area contributed by atoms with Crippen molar-refractivity contribution in [2.75, 3.05) is 6.54 Å². The quantitative estimate of drug-likeness (QED) is 0.845. The van der Waals surface area contributed by atoms with Crippen molar-refractivity contribution in [1.82, 2.24) is 24.7 Å². The van der Waals surface area contributed by atoms with Crippen LogP contribution in [-0.4, -0.2) is 25.9 Å². The van der Waals surface area contributed by atoms with Crippen LogP contribution < -0.4 is 5.32 Å². The summed E-state index contributed by atoms with van der Waals surface area (Å²) in [5, 5.41) is 12.2. The van der Waals surface area contributed by atoms with E-state index in [1.165, 1.54) is 22.1 Å². The molecule has 19 heavy (non-hydrogen) atoms. The Hall–Kier alpha value is -1.27. The van der Waals surface area contributed by atoms with E-state index in [1.807, 2.05) is 6.20 Å². The lowest BCUT2D eigenvalue weighted by molar-refractivity contribution is 0.522. The lowest BCUT2D eigenvalue weighted by Crippen LogP contribution is -2.25. The largest absolute Gasteiger partial charge is 0.304 e. The number of nitrogens with one attached hydrogen (secondary N) is 1. The zero-order valence-corrected chi connectivity index (χ0v) is 12.6. The van der Waals surface area contributed by atoms with Gasteiger partial charge in [0.25, 0.3) is 0 Å². The molecule has 2 heterocycles. The monoisotopic (exact) mass is 279 g/mol. The van der Waals surface area contributed by atoms with Gasteiger partial charge in [0.15, 0.2) is 0 Å². The SMILES string of the molecule is CCCn1nccc1C(NCC)c1snnc1CC. The van der Waals surface area contributed by atoms with Crippen LogP contribution >= 0.6 is 11.5 Å². The zero-order chi connectivity index (χ0) is 13.7. The van der Waals surface area contributed by atoms with Gasteiger partial charge in [-0.15, -0.1) is 5.10 Å². The van der Waals surface area contributed by atoms with Crippen LogP contribution in [0.25, 0.3) is 0 Å². The van der Waals surface area contributed by atoms with Crippen molar-refractivity contribution >= 4 is 11.5 Å². The van der Waals surface area contributed by atoms with Gasteiger partial charge in [-0.3, -0.25) is 4.68 Å². The average Bonchev–Trinajstić information content (AvgIpc) is 3.05. The van der Waals surface area contributed by atoms with E-state index in [0.29, 0.717) is 0 Å². The summed E-state index contributed by atoms with van der Waals surface area (Å²) in [6.07, 6.45) is 3.86. The molecule has 6 heteroatoms. The predicted octanol–water partition coefficient (Wildman–Crippen LogP) is 2.41. The van der Waals surface area contributed by atoms with Crippen molar-refractivity contribution < 1.29 is 0 Å². The molecule has 0 aliphatic heterocycles. The fraction of sp³-hybridized carbons (Fsp3) is 0.615. The van der Waals surface area contributed by atoms with E-state index in [0.717, 1.165) is 31.6 Å². The topological polar surface area (TPSA) is 55.6 Å². The number of hydrogen-bond donors (Lipinski definition) is 1. The van der Waals surface area contributed by atoms with Crippen LogP contribution in [0.15, 0.2) is 12.3 Å². The second-order valence-electron chi connectivity index (χ2n) is 4.41. The lowest BCUT2D eigenvalue weighted by Gasteiger charge is -2.18. The highest BCUT2D eigenvalue weighted by atomic mass is 32.1. The highest BCUT2D eigenvalue weighted by Gasteiger charge is 2.22. The molecule has 1 atom stereocenters. The van der Waals surface area contributed by atoms with Crippen LogP contribution in [0.2, 0.25) is 0 Å². The molecule has 0 bridgehead atoms. The fourth-order valence-electron chi connectivity index (χ4n) is 2.20. The van der Waals surface area contributed by atoms with Gasteiger partial charge in [-0.05, 0) is 37.0 Å². The van der Waals surface area contributed by atoms with E-state index >= 15 is 0 Å². The Morgan fingerprint density at radius 3 is 2.89 bits per heavy atom. The maximum Gasteiger partial charge on any atom is 0.0877 e. The fourth-order valence-corrected chi connectivity index (χ4v) is 3.03. The molecule has 2 rings (SSSR count). The molecule has 0 amide bonds. The summed E-state index contributed by atoms with van der Waals surface area (Å²) in [4.78, 5) is 1.21. The molecule has 104 valence electrons. The minimum absolute atomic E-state index is 0.147. The van der Waals surface area contributed by atoms with E-state index in [2.05, 4.69) is 51.5 Å². The van der Waals surface area contributed by atoms with Crippen molar-refractivity contribution in [3.63, 3.8) is 0 Å². The minimum atomic E-state index is 0.147. The highest BCUT2D eigenvalue weighted by Crippen LogP contribution is 2.27. The Kier molecular flexibility index (Phi) is 5.04. The maximum absolute atomic E-state index is 4.41. The zero-order valence-electron chi connectivity index (χ0n) is 11.8. The summed E-state index contributed by atoms with van der Waals surface area (Å²) in [6, 6.07) is 2.23. The lowest BCUT2D eigenvalue weighted by atomic mass is 10.1. The standard InChI is InChI=1S/C13H21N5S/c1-4-9-18-11(7-8-15-18)12(14-6-3)13-10(5-2)16-17-19-13/h7-8,12,14H,4-6,9H2,1-3H3. The van der Waals surface area contributed by atoms with Gasteiger partial charge in [0.05, 0.1) is 22.3 Å². The first-order valence-corrected chi connectivity index (χ1v) is 7.65. The van der Waals surface area contributed by atoms with Gasteiger partial charge in [-0.25, -0.2) is 0 Å². The summed E-state index contributed by atoms with van der Waals surface area (Å²) in [5.74, 6) is 0. The summed E-state index contributed by atoms with van der Waals surface area (Å²) in [7, 11) is 0. The molecule has 2 aromatic heterocycles. The Bertz CT molecular complexity index is 505. The summed E-state index contributed by atoms with van der Waals surface area (Å²) < 4.78 is 6.18. The first kappa shape index (κ1) is 14.1. The molecular weight excluding hydrogens is 258 g/mol. The summed E-state index contributed by atoms with van der Waals surface area (Å²) in [5.41, 5.74) is 2.28. The van der Waals surface area contributed by atoms with Gasteiger partial charge in [0, 0.05) is 12.7 Å². The number of aromatic nitrogens is 4. The van der Waals surface area contributed by atoms with E-state index in [1.54, 1.807) is 0 Å². The van der Waals surface area contributed by atoms with Crippen molar-refractivity contribution in [3.8, 4) is 0 Å². The molecular formula is C13H21N5S. The molecule has 0 fully saturated rings. The number of aryl methyl sites for hydroxylation is 2. The second-order valence-corrected chi connectivity index (χ2v) is 5.19. The Morgan fingerprint density at radius 1 is 1.37 bits per heavy atom. The third-order valence-electron chi connectivity index (χ3n) is 3.07. The third-order valence-corrected chi connectivity index (χ3v) is 3.90. The van der Waals surface area contributed by atoms with Crippen molar-refractivity contribution in [2.45, 2.75) is 46.2 Å². The molecule has 0 saturated carbocycles. The second kappa shape index (κ2) is 6.77. The average molecular weight is 279 g/mol. The van der Waals surface area contributed by atoms with Gasteiger partial charge in [-0.1, -0.05) is 25.3 Å². The van der Waals surface area contributed by atoms with Crippen LogP contribution in [0.3, 0.4) is 0 Å². The Morgan fingerprint density at radius 2 is 2.21 bits per heavy atom. The van der Waals surface area contributed by atoms with E-state index in [-0.39, 0.29) is 6.04 Å². The van der Waals surface area contributed by atoms with Crippen LogP contribution in [0.1, 0.15) is 49.5 Å². The predicted molar refractivity (Wildman–Crippen MR) is 77.3 cm³/mol. The van der Waals surface area contributed by atoms with E-state index in [9.17, 15) is 0 Å². The summed E-state index contributed by atoms with van der Waals surface area (Å²) >= 11 is 1.48. The summed E-state index contributed by atoms with van der Waals surface area (Å²) in [6.45, 7) is 8.25. The minimum Gasteiger partial charge on any atom is -0.304 e. The molecule has 0 aliphatic carbocycles. The van der Waals surface area contributed by atoms with Gasteiger partial charge < -0.3 is 5.32 Å². The molecule has 5 nitrogen and oxygen atoms in total. The molecule has 0 spiro atoms. The van der Waals surface area contributed by atoms with Crippen LogP contribution in [0, 0.1) is 0 Å². The van der Waals surface area contributed by atoms with E-state index < -0.39 is 0 Å². The van der Waals surface area contributed by atoms with Crippen molar-refractivity contribution in [2.24, 2.45) is 0 Å². The molecule has 0 radical (unpaired) electrons. The smallest absolute Gasteiger partial charge is 0.0877 e.